The number of hydrogen-bond donors (Lipinski definition) is 2. The van der Waals surface area contributed by atoms with E-state index in [-0.39, 0.29) is 18.3 Å². The van der Waals surface area contributed by atoms with Crippen LogP contribution in [0.15, 0.2) is 66.7 Å². The number of phenolic OH excluding ortho intramolecular Hbond substituents is 1. The van der Waals surface area contributed by atoms with Gasteiger partial charge < -0.3 is 15.2 Å². The Morgan fingerprint density at radius 3 is 2.48 bits per heavy atom. The SMILES string of the molecule is O=C(OCCNc1cccc2c(O)cccc12)c1ccccc1. The van der Waals surface area contributed by atoms with Gasteiger partial charge in [-0.2, -0.15) is 0 Å². The Morgan fingerprint density at radius 1 is 0.913 bits per heavy atom. The van der Waals surface area contributed by atoms with E-state index in [2.05, 4.69) is 5.32 Å². The van der Waals surface area contributed by atoms with Crippen molar-refractivity contribution in [3.8, 4) is 5.75 Å². The Morgan fingerprint density at radius 2 is 1.65 bits per heavy atom. The second-order valence-corrected chi connectivity index (χ2v) is 5.11. The van der Waals surface area contributed by atoms with Gasteiger partial charge in [-0.3, -0.25) is 0 Å². The Balaban J connectivity index is 1.59. The van der Waals surface area contributed by atoms with Crippen molar-refractivity contribution in [2.75, 3.05) is 18.5 Å². The van der Waals surface area contributed by atoms with Gasteiger partial charge in [0.1, 0.15) is 12.4 Å². The topological polar surface area (TPSA) is 58.6 Å². The van der Waals surface area contributed by atoms with Crippen LogP contribution in [-0.2, 0) is 4.74 Å². The van der Waals surface area contributed by atoms with Gasteiger partial charge in [-0.05, 0) is 24.3 Å². The summed E-state index contributed by atoms with van der Waals surface area (Å²) in [6, 6.07) is 20.0. The van der Waals surface area contributed by atoms with E-state index in [4.69, 9.17) is 4.74 Å². The van der Waals surface area contributed by atoms with Crippen LogP contribution in [0.4, 0.5) is 5.69 Å². The van der Waals surface area contributed by atoms with Crippen LogP contribution in [0.5, 0.6) is 5.75 Å². The van der Waals surface area contributed by atoms with Crippen LogP contribution in [0.25, 0.3) is 10.8 Å². The molecular formula is C19H17NO3. The lowest BCUT2D eigenvalue weighted by Crippen LogP contribution is -2.14. The third-order valence-electron chi connectivity index (χ3n) is 3.56. The quantitative estimate of drug-likeness (QED) is 0.556. The van der Waals surface area contributed by atoms with Gasteiger partial charge in [0.2, 0.25) is 0 Å². The summed E-state index contributed by atoms with van der Waals surface area (Å²) in [6.45, 7) is 0.760. The van der Waals surface area contributed by atoms with E-state index in [1.165, 1.54) is 0 Å². The second kappa shape index (κ2) is 6.83. The summed E-state index contributed by atoms with van der Waals surface area (Å²) >= 11 is 0. The zero-order valence-electron chi connectivity index (χ0n) is 12.5. The summed E-state index contributed by atoms with van der Waals surface area (Å²) in [7, 11) is 0. The molecule has 0 saturated carbocycles. The van der Waals surface area contributed by atoms with Crippen LogP contribution in [0.3, 0.4) is 0 Å². The first kappa shape index (κ1) is 14.9. The number of nitrogens with one attached hydrogen (secondary N) is 1. The molecule has 0 spiro atoms. The lowest BCUT2D eigenvalue weighted by atomic mass is 10.1. The van der Waals surface area contributed by atoms with Crippen molar-refractivity contribution >= 4 is 22.4 Å². The first-order valence-corrected chi connectivity index (χ1v) is 7.42. The van der Waals surface area contributed by atoms with Gasteiger partial charge in [0.15, 0.2) is 0 Å². The number of carbonyl (C=O) groups is 1. The third kappa shape index (κ3) is 3.43. The normalized spacial score (nSPS) is 10.4. The van der Waals surface area contributed by atoms with E-state index in [0.29, 0.717) is 12.1 Å². The van der Waals surface area contributed by atoms with Gasteiger partial charge in [-0.15, -0.1) is 0 Å². The molecule has 0 amide bonds. The number of esters is 1. The van der Waals surface area contributed by atoms with E-state index in [9.17, 15) is 9.90 Å². The molecule has 0 aliphatic heterocycles. The summed E-state index contributed by atoms with van der Waals surface area (Å²) in [5.41, 5.74) is 1.44. The molecular weight excluding hydrogens is 290 g/mol. The summed E-state index contributed by atoms with van der Waals surface area (Å²) in [6.07, 6.45) is 0. The highest BCUT2D eigenvalue weighted by Gasteiger charge is 2.06. The molecule has 23 heavy (non-hydrogen) atoms. The van der Waals surface area contributed by atoms with Gasteiger partial charge >= 0.3 is 5.97 Å². The number of aromatic hydroxyl groups is 1. The van der Waals surface area contributed by atoms with Gasteiger partial charge in [-0.25, -0.2) is 4.79 Å². The average molecular weight is 307 g/mol. The standard InChI is InChI=1S/C19H17NO3/c21-18-11-5-8-15-16(18)9-4-10-17(15)20-12-13-23-19(22)14-6-2-1-3-7-14/h1-11,20-21H,12-13H2. The molecule has 0 fully saturated rings. The highest BCUT2D eigenvalue weighted by molar-refractivity contribution is 5.97. The minimum atomic E-state index is -0.331. The van der Waals surface area contributed by atoms with Crippen LogP contribution in [-0.4, -0.2) is 24.2 Å². The highest BCUT2D eigenvalue weighted by Crippen LogP contribution is 2.29. The Labute approximate surface area is 134 Å². The van der Waals surface area contributed by atoms with Crippen molar-refractivity contribution < 1.29 is 14.6 Å². The Kier molecular flexibility index (Phi) is 4.43. The molecule has 0 heterocycles. The van der Waals surface area contributed by atoms with Crippen LogP contribution < -0.4 is 5.32 Å². The Bertz CT molecular complexity index is 815. The molecule has 0 aromatic heterocycles. The fourth-order valence-corrected chi connectivity index (χ4v) is 2.43. The van der Waals surface area contributed by atoms with E-state index in [1.807, 2.05) is 30.3 Å². The number of benzene rings is 3. The summed E-state index contributed by atoms with van der Waals surface area (Å²) < 4.78 is 5.23. The number of anilines is 1. The van der Waals surface area contributed by atoms with Crippen LogP contribution in [0.2, 0.25) is 0 Å². The molecule has 0 radical (unpaired) electrons. The van der Waals surface area contributed by atoms with Crippen molar-refractivity contribution in [1.29, 1.82) is 0 Å². The maximum atomic E-state index is 11.8. The smallest absolute Gasteiger partial charge is 0.338 e. The lowest BCUT2D eigenvalue weighted by Gasteiger charge is -2.11. The number of fused-ring (bicyclic) bond motifs is 1. The molecule has 4 heteroatoms. The first-order chi connectivity index (χ1) is 11.3. The maximum Gasteiger partial charge on any atom is 0.338 e. The molecule has 0 atom stereocenters. The summed E-state index contributed by atoms with van der Waals surface area (Å²) in [5, 5.41) is 14.8. The molecule has 4 nitrogen and oxygen atoms in total. The highest BCUT2D eigenvalue weighted by atomic mass is 16.5. The van der Waals surface area contributed by atoms with Gasteiger partial charge in [0, 0.05) is 23.0 Å². The van der Waals surface area contributed by atoms with Crippen molar-refractivity contribution in [3.63, 3.8) is 0 Å². The Hall–Kier alpha value is -3.01. The molecule has 2 N–H and O–H groups in total. The van der Waals surface area contributed by atoms with Crippen LogP contribution in [0, 0.1) is 0 Å². The number of phenols is 1. The molecule has 3 rings (SSSR count). The number of rotatable bonds is 5. The second-order valence-electron chi connectivity index (χ2n) is 5.11. The minimum Gasteiger partial charge on any atom is -0.507 e. The van der Waals surface area contributed by atoms with Crippen molar-refractivity contribution in [1.82, 2.24) is 0 Å². The molecule has 3 aromatic rings. The van der Waals surface area contributed by atoms with Crippen molar-refractivity contribution in [2.45, 2.75) is 0 Å². The van der Waals surface area contributed by atoms with Gasteiger partial charge in [0.25, 0.3) is 0 Å². The van der Waals surface area contributed by atoms with E-state index < -0.39 is 0 Å². The van der Waals surface area contributed by atoms with Crippen molar-refractivity contribution in [3.05, 3.63) is 72.3 Å². The molecule has 0 saturated heterocycles. The summed E-state index contributed by atoms with van der Waals surface area (Å²) in [4.78, 5) is 11.8. The fraction of sp³-hybridized carbons (Fsp3) is 0.105. The predicted molar refractivity (Wildman–Crippen MR) is 90.8 cm³/mol. The van der Waals surface area contributed by atoms with Gasteiger partial charge in [0.05, 0.1) is 5.56 Å². The first-order valence-electron chi connectivity index (χ1n) is 7.42. The molecule has 0 bridgehead atoms. The van der Waals surface area contributed by atoms with Crippen LogP contribution in [0.1, 0.15) is 10.4 Å². The zero-order chi connectivity index (χ0) is 16.1. The minimum absolute atomic E-state index is 0.252. The largest absolute Gasteiger partial charge is 0.507 e. The van der Waals surface area contributed by atoms with E-state index >= 15 is 0 Å². The molecule has 0 aliphatic carbocycles. The van der Waals surface area contributed by atoms with E-state index in [0.717, 1.165) is 16.5 Å². The number of carbonyl (C=O) groups excluding carboxylic acids is 1. The number of ether oxygens (including phenoxy) is 1. The molecule has 116 valence electrons. The van der Waals surface area contributed by atoms with Gasteiger partial charge in [-0.1, -0.05) is 42.5 Å². The lowest BCUT2D eigenvalue weighted by molar-refractivity contribution is 0.0520. The fourth-order valence-electron chi connectivity index (χ4n) is 2.43. The monoisotopic (exact) mass is 307 g/mol. The maximum absolute atomic E-state index is 11.8. The zero-order valence-corrected chi connectivity index (χ0v) is 12.5. The third-order valence-corrected chi connectivity index (χ3v) is 3.56. The predicted octanol–water partition coefficient (Wildman–Crippen LogP) is 3.81. The van der Waals surface area contributed by atoms with Crippen LogP contribution >= 0.6 is 0 Å². The molecule has 0 unspecified atom stereocenters. The average Bonchev–Trinajstić information content (AvgIpc) is 2.60. The molecule has 0 aliphatic rings. The number of hydrogen-bond acceptors (Lipinski definition) is 4. The van der Waals surface area contributed by atoms with E-state index in [1.54, 1.807) is 36.4 Å². The summed E-state index contributed by atoms with van der Waals surface area (Å²) in [5.74, 6) is -0.0791. The van der Waals surface area contributed by atoms with Crippen molar-refractivity contribution in [2.24, 2.45) is 0 Å². The molecule has 3 aromatic carbocycles.